The Kier molecular flexibility index (Phi) is 5.84. The average Bonchev–Trinajstić information content (AvgIpc) is 2.50. The molecule has 0 spiro atoms. The van der Waals surface area contributed by atoms with Crippen LogP contribution in [-0.2, 0) is 20.7 Å². The van der Waals surface area contributed by atoms with Gasteiger partial charge in [-0.15, -0.1) is 0 Å². The fraction of sp³-hybridized carbons (Fsp3) is 0.125. The maximum Gasteiger partial charge on any atom is 0.341 e. The monoisotopic (exact) mass is 361 g/mol. The summed E-state index contributed by atoms with van der Waals surface area (Å²) in [7, 11) is 0. The Morgan fingerprint density at radius 1 is 1.04 bits per heavy atom. The van der Waals surface area contributed by atoms with Gasteiger partial charge in [0.2, 0.25) is 0 Å². The smallest absolute Gasteiger partial charge is 0.341 e. The van der Waals surface area contributed by atoms with Crippen molar-refractivity contribution in [1.82, 2.24) is 0 Å². The van der Waals surface area contributed by atoms with Crippen LogP contribution in [0.2, 0.25) is 10.0 Å². The Hall–Kier alpha value is -2.24. The Morgan fingerprint density at radius 3 is 2.35 bits per heavy atom. The number of carbonyl (C=O) groups is 2. The van der Waals surface area contributed by atoms with Crippen molar-refractivity contribution in [3.8, 4) is 0 Å². The van der Waals surface area contributed by atoms with Crippen LogP contribution in [0, 0.1) is 0 Å². The number of carbonyl (C=O) groups excluding carboxylic acids is 1. The predicted octanol–water partition coefficient (Wildman–Crippen LogP) is 3.91. The second kappa shape index (κ2) is 7.85. The van der Waals surface area contributed by atoms with E-state index in [1.807, 2.05) is 0 Å². The second-order valence-corrected chi connectivity index (χ2v) is 5.42. The number of anilines is 2. The maximum atomic E-state index is 11.7. The van der Waals surface area contributed by atoms with E-state index in [4.69, 9.17) is 28.3 Å². The van der Waals surface area contributed by atoms with Gasteiger partial charge in [-0.1, -0.05) is 47.5 Å². The van der Waals surface area contributed by atoms with Crippen LogP contribution < -0.4 is 5.32 Å². The third-order valence-electron chi connectivity index (χ3n) is 2.93. The number of rotatable bonds is 6. The molecule has 0 atom stereocenters. The van der Waals surface area contributed by atoms with Crippen molar-refractivity contribution in [2.24, 2.45) is 0 Å². The second-order valence-electron chi connectivity index (χ2n) is 4.61. The van der Waals surface area contributed by atoms with E-state index >= 15 is 0 Å². The van der Waals surface area contributed by atoms with Gasteiger partial charge in [-0.3, -0.25) is 4.79 Å². The van der Waals surface area contributed by atoms with E-state index in [9.17, 15) is 9.59 Å². The van der Waals surface area contributed by atoms with E-state index in [1.54, 1.807) is 42.5 Å². The van der Waals surface area contributed by atoms with Crippen molar-refractivity contribution in [1.29, 1.82) is 0 Å². The SMILES string of the molecule is O=C(C[13c]1[13cH][13cH][13cH][13cH][13c]1Nc1c(Cl)cccc1Cl)O[13CH2][13C](=O)O. The largest absolute Gasteiger partial charge is 0.479 e. The zero-order chi connectivity index (χ0) is 16.8. The van der Waals surface area contributed by atoms with Gasteiger partial charge in [-0.05, 0) is 23.8 Å². The topological polar surface area (TPSA) is 75.6 Å². The molecule has 0 aliphatic rings. The number of ether oxygens (including phenoxy) is 1. The van der Waals surface area contributed by atoms with Gasteiger partial charge in [0.1, 0.15) is 0 Å². The number of esters is 1. The number of hydrogen-bond donors (Lipinski definition) is 2. The number of halogens is 2. The highest BCUT2D eigenvalue weighted by Crippen LogP contribution is 2.33. The van der Waals surface area contributed by atoms with Crippen molar-refractivity contribution in [3.05, 3.63) is 58.1 Å². The van der Waals surface area contributed by atoms with Crippen molar-refractivity contribution in [2.45, 2.75) is 6.42 Å². The standard InChI is InChI=1S/C16H13Cl2NO4/c17-11-5-3-6-12(18)16(11)19-13-7-2-1-4-10(13)8-15(22)23-9-14(20)21/h1-7,19H,8-9H2,(H,20,21)/i1+1,2+1,4+1,7+1,9+1,10+1,13+1,14+1. The summed E-state index contributed by atoms with van der Waals surface area (Å²) in [5.41, 5.74) is 1.80. The first kappa shape index (κ1) is 17.1. The molecule has 0 aromatic heterocycles. The van der Waals surface area contributed by atoms with Crippen LogP contribution in [0.5, 0.6) is 0 Å². The normalized spacial score (nSPS) is 10.2. The number of nitrogens with one attached hydrogen (secondary N) is 1. The molecule has 0 saturated heterocycles. The van der Waals surface area contributed by atoms with Gasteiger partial charge in [0.15, 0.2) is 6.61 Å². The summed E-state index contributed by atoms with van der Waals surface area (Å²) in [5.74, 6) is -1.83. The molecule has 0 heterocycles. The van der Waals surface area contributed by atoms with E-state index in [0.29, 0.717) is 27.0 Å². The molecule has 0 aliphatic carbocycles. The summed E-state index contributed by atoms with van der Waals surface area (Å²) in [5, 5.41) is 12.5. The quantitative estimate of drug-likeness (QED) is 0.602. The molecule has 2 aromatic rings. The lowest BCUT2D eigenvalue weighted by molar-refractivity contribution is -0.154. The highest BCUT2D eigenvalue weighted by atomic mass is 35.5. The fourth-order valence-corrected chi connectivity index (χ4v) is 2.39. The van der Waals surface area contributed by atoms with E-state index in [-0.39, 0.29) is 6.42 Å². The minimum Gasteiger partial charge on any atom is -0.479 e. The number of carboxylic acids is 1. The Labute approximate surface area is 142 Å². The molecule has 2 rings (SSSR count). The van der Waals surface area contributed by atoms with Crippen molar-refractivity contribution in [2.75, 3.05) is 11.9 Å². The van der Waals surface area contributed by atoms with Crippen molar-refractivity contribution in [3.63, 3.8) is 0 Å². The molecule has 120 valence electrons. The van der Waals surface area contributed by atoms with Crippen molar-refractivity contribution < 1.29 is 19.4 Å². The predicted molar refractivity (Wildman–Crippen MR) is 88.5 cm³/mol. The number of hydrogen-bond acceptors (Lipinski definition) is 4. The van der Waals surface area contributed by atoms with Gasteiger partial charge in [0, 0.05) is 5.69 Å². The lowest BCUT2D eigenvalue weighted by atomic mass is 10.3. The van der Waals surface area contributed by atoms with Crippen molar-refractivity contribution >= 4 is 46.5 Å². The van der Waals surface area contributed by atoms with Crippen LogP contribution in [0.4, 0.5) is 11.4 Å². The van der Waals surface area contributed by atoms with E-state index in [0.717, 1.165) is 0 Å². The molecule has 2 aromatic carbocycles. The number of carboxylic acid groups (broad SMARTS) is 1. The summed E-state index contributed by atoms with van der Waals surface area (Å²) in [6, 6.07) is 12.2. The first-order valence-corrected chi connectivity index (χ1v) is 7.39. The molecule has 0 bridgehead atoms. The van der Waals surface area contributed by atoms with Gasteiger partial charge in [0.25, 0.3) is 0 Å². The minimum absolute atomic E-state index is 0.0709. The molecule has 0 radical (unpaired) electrons. The highest BCUT2D eigenvalue weighted by molar-refractivity contribution is 6.39. The third-order valence-corrected chi connectivity index (χ3v) is 3.56. The molecular formula is C16H13Cl2NO4. The van der Waals surface area contributed by atoms with E-state index in [1.165, 1.54) is 0 Å². The lowest BCUT2D eigenvalue weighted by Crippen LogP contribution is -2.15. The Balaban J connectivity index is 2.18. The molecule has 7 heteroatoms. The molecular weight excluding hydrogens is 349 g/mol. The van der Waals surface area contributed by atoms with Crippen LogP contribution in [0.3, 0.4) is 0 Å². The molecule has 0 fully saturated rings. The number of benzene rings is 2. The average molecular weight is 362 g/mol. The summed E-state index contributed by atoms with van der Waals surface area (Å²) in [6.45, 7) is -0.662. The Bertz CT molecular complexity index is 714. The molecule has 5 nitrogen and oxygen atoms in total. The molecule has 23 heavy (non-hydrogen) atoms. The van der Waals surface area contributed by atoms with Gasteiger partial charge < -0.3 is 15.2 Å². The van der Waals surface area contributed by atoms with Gasteiger partial charge in [0.05, 0.1) is 22.2 Å². The summed E-state index contributed by atoms with van der Waals surface area (Å²) >= 11 is 12.2. The number of para-hydroxylation sites is 2. The Morgan fingerprint density at radius 2 is 1.70 bits per heavy atom. The first-order valence-electron chi connectivity index (χ1n) is 6.63. The van der Waals surface area contributed by atoms with Crippen LogP contribution in [0.25, 0.3) is 0 Å². The van der Waals surface area contributed by atoms with Gasteiger partial charge >= 0.3 is 11.9 Å². The molecule has 0 amide bonds. The zero-order valence-electron chi connectivity index (χ0n) is 11.9. The summed E-state index contributed by atoms with van der Waals surface area (Å²) < 4.78 is 4.64. The molecule has 2 N–H and O–H groups in total. The first-order chi connectivity index (χ1) is 11.0. The fourth-order valence-electron chi connectivity index (χ4n) is 1.90. The van der Waals surface area contributed by atoms with Crippen LogP contribution in [-0.4, -0.2) is 23.7 Å². The maximum absolute atomic E-state index is 11.7. The number of aliphatic carboxylic acids is 1. The summed E-state index contributed by atoms with van der Waals surface area (Å²) in [6.07, 6.45) is -0.0709. The molecule has 0 saturated carbocycles. The highest BCUT2D eigenvalue weighted by Gasteiger charge is 2.12. The molecule has 0 unspecified atom stereocenters. The van der Waals surface area contributed by atoms with Crippen LogP contribution in [0.1, 0.15) is 5.56 Å². The van der Waals surface area contributed by atoms with E-state index < -0.39 is 18.5 Å². The van der Waals surface area contributed by atoms with Crippen LogP contribution >= 0.6 is 23.2 Å². The lowest BCUT2D eigenvalue weighted by Gasteiger charge is -2.14. The third kappa shape index (κ3) is 4.87. The van der Waals surface area contributed by atoms with Gasteiger partial charge in [-0.2, -0.15) is 0 Å². The minimum atomic E-state index is -1.20. The summed E-state index contributed by atoms with van der Waals surface area (Å²) in [4.78, 5) is 22.1. The zero-order valence-corrected chi connectivity index (χ0v) is 13.4. The molecule has 0 aliphatic heterocycles. The van der Waals surface area contributed by atoms with Gasteiger partial charge in [-0.25, -0.2) is 4.79 Å². The van der Waals surface area contributed by atoms with Crippen LogP contribution in [0.15, 0.2) is 42.5 Å². The van der Waals surface area contributed by atoms with E-state index in [2.05, 4.69) is 10.1 Å².